The van der Waals surface area contributed by atoms with E-state index in [1.165, 1.54) is 167 Å². The van der Waals surface area contributed by atoms with Crippen LogP contribution < -0.4 is 0 Å². The van der Waals surface area contributed by atoms with Gasteiger partial charge in [-0.05, 0) is 12.8 Å². The SMILES string of the molecule is CCCCCCCCCCCCCCCCOCC(C)(COCCCCCCCCCCCCCCCC)COP(=O)(O)O[13CH2]C[N+](C)(C)C. The monoisotopic (exact) mass is 736 g/mol. The number of hydrogen-bond donors (Lipinski definition) is 1. The summed E-state index contributed by atoms with van der Waals surface area (Å²) < 4.78 is 36.2. The van der Waals surface area contributed by atoms with Crippen LogP contribution in [0.3, 0.4) is 0 Å². The number of hydrogen-bond acceptors (Lipinski definition) is 5. The first-order valence-electron chi connectivity index (χ1n) is 21.6. The minimum atomic E-state index is -4.15. The first kappa shape index (κ1) is 50.0. The summed E-state index contributed by atoms with van der Waals surface area (Å²) in [5, 5.41) is 0. The average Bonchev–Trinajstić information content (AvgIpc) is 3.06. The van der Waals surface area contributed by atoms with Crippen molar-refractivity contribution in [3.05, 3.63) is 0 Å². The Bertz CT molecular complexity index is 710. The molecule has 8 heteroatoms. The number of phosphoric acid groups is 1. The number of nitrogens with zero attached hydrogens (tertiary/aromatic N) is 1. The second kappa shape index (κ2) is 34.7. The van der Waals surface area contributed by atoms with Gasteiger partial charge < -0.3 is 18.9 Å². The molecular formula is C42H89NO6P+. The van der Waals surface area contributed by atoms with Crippen molar-refractivity contribution < 1.29 is 32.5 Å². The first-order chi connectivity index (χ1) is 24.0. The topological polar surface area (TPSA) is 74.2 Å². The molecule has 1 N–H and O–H groups in total. The Morgan fingerprint density at radius 3 is 1.06 bits per heavy atom. The number of phosphoric ester groups is 1. The number of quaternary nitrogens is 1. The molecule has 0 aliphatic rings. The Morgan fingerprint density at radius 2 is 0.760 bits per heavy atom. The van der Waals surface area contributed by atoms with E-state index in [4.69, 9.17) is 18.5 Å². The Morgan fingerprint density at radius 1 is 0.460 bits per heavy atom. The highest BCUT2D eigenvalue weighted by atomic mass is 31.2. The summed E-state index contributed by atoms with van der Waals surface area (Å²) in [4.78, 5) is 10.3. The van der Waals surface area contributed by atoms with Gasteiger partial charge in [0.05, 0.1) is 41.0 Å². The predicted octanol–water partition coefficient (Wildman–Crippen LogP) is 12.8. The molecule has 0 aliphatic carbocycles. The van der Waals surface area contributed by atoms with Crippen molar-refractivity contribution in [1.29, 1.82) is 0 Å². The van der Waals surface area contributed by atoms with Crippen molar-refractivity contribution in [2.45, 2.75) is 201 Å². The van der Waals surface area contributed by atoms with Gasteiger partial charge in [-0.25, -0.2) is 4.57 Å². The van der Waals surface area contributed by atoms with E-state index >= 15 is 0 Å². The molecule has 7 nitrogen and oxygen atoms in total. The van der Waals surface area contributed by atoms with Crippen LogP contribution in [0.1, 0.15) is 201 Å². The van der Waals surface area contributed by atoms with Crippen molar-refractivity contribution >= 4 is 7.82 Å². The summed E-state index contributed by atoms with van der Waals surface area (Å²) in [6.45, 7) is 9.69. The number of unbranched alkanes of at least 4 members (excludes halogenated alkanes) is 26. The van der Waals surface area contributed by atoms with Crippen LogP contribution in [0.5, 0.6) is 0 Å². The summed E-state index contributed by atoms with van der Waals surface area (Å²) in [5.41, 5.74) is -0.520. The largest absolute Gasteiger partial charge is 0.472 e. The highest BCUT2D eigenvalue weighted by molar-refractivity contribution is 7.47. The summed E-state index contributed by atoms with van der Waals surface area (Å²) in [5.74, 6) is 0. The summed E-state index contributed by atoms with van der Waals surface area (Å²) in [6.07, 6.45) is 37.4. The number of likely N-dealkylation sites (N-methyl/N-ethyl adjacent to an activating group) is 1. The van der Waals surface area contributed by atoms with Crippen LogP contribution in [0.4, 0.5) is 0 Å². The first-order valence-corrected chi connectivity index (χ1v) is 23.1. The normalized spacial score (nSPS) is 13.7. The van der Waals surface area contributed by atoms with E-state index in [0.717, 1.165) is 12.8 Å². The molecule has 0 aromatic heterocycles. The molecule has 0 bridgehead atoms. The highest BCUT2D eigenvalue weighted by Gasteiger charge is 2.32. The van der Waals surface area contributed by atoms with Gasteiger partial charge in [-0.2, -0.15) is 0 Å². The summed E-state index contributed by atoms with van der Waals surface area (Å²) in [7, 11) is 1.92. The molecule has 0 aromatic rings. The second-order valence-corrected chi connectivity index (χ2v) is 18.2. The molecule has 0 saturated heterocycles. The quantitative estimate of drug-likeness (QED) is 0.0292. The summed E-state index contributed by atoms with van der Waals surface area (Å²) >= 11 is 0. The smallest absolute Gasteiger partial charge is 0.381 e. The Hall–Kier alpha value is -0.0100. The zero-order valence-corrected chi connectivity index (χ0v) is 35.5. The van der Waals surface area contributed by atoms with E-state index in [-0.39, 0.29) is 13.2 Å². The van der Waals surface area contributed by atoms with E-state index in [1.54, 1.807) is 0 Å². The Kier molecular flexibility index (Phi) is 34.7. The van der Waals surface area contributed by atoms with Gasteiger partial charge in [0.25, 0.3) is 0 Å². The van der Waals surface area contributed by atoms with E-state index in [2.05, 4.69) is 13.8 Å². The lowest BCUT2D eigenvalue weighted by Crippen LogP contribution is -2.37. The molecule has 0 aliphatic heterocycles. The maximum atomic E-state index is 12.6. The van der Waals surface area contributed by atoms with Crippen molar-refractivity contribution in [2.24, 2.45) is 5.41 Å². The summed E-state index contributed by atoms with van der Waals surface area (Å²) in [6, 6.07) is 0. The molecule has 0 radical (unpaired) electrons. The van der Waals surface area contributed by atoms with E-state index in [9.17, 15) is 9.46 Å². The molecule has 0 fully saturated rings. The lowest BCUT2D eigenvalue weighted by Gasteiger charge is -2.30. The Labute approximate surface area is 312 Å². The number of rotatable bonds is 41. The zero-order chi connectivity index (χ0) is 37.1. The van der Waals surface area contributed by atoms with Crippen molar-refractivity contribution in [1.82, 2.24) is 0 Å². The maximum absolute atomic E-state index is 12.6. The lowest BCUT2D eigenvalue weighted by atomic mass is 9.94. The standard InChI is InChI=1S/C42H88NO6P/c1-7-9-11-13-15-17-19-21-23-25-27-29-31-33-36-46-39-42(3,41-49-50(44,45)48-38-35-43(4,5)6)40-47-37-34-32-30-28-26-24-22-20-18-16-14-12-10-8-2/h7-41H2,1-6H3/p+1/i38+1. The van der Waals surface area contributed by atoms with Crippen LogP contribution in [-0.4, -0.2) is 76.7 Å². The fourth-order valence-corrected chi connectivity index (χ4v) is 7.13. The Balaban J connectivity index is 4.22. The van der Waals surface area contributed by atoms with E-state index in [1.807, 2.05) is 28.1 Å². The molecule has 0 heterocycles. The van der Waals surface area contributed by atoms with Crippen LogP contribution in [-0.2, 0) is 23.1 Å². The van der Waals surface area contributed by atoms with Gasteiger partial charge >= 0.3 is 7.82 Å². The third-order valence-electron chi connectivity index (χ3n) is 9.78. The minimum absolute atomic E-state index is 0.0582. The molecule has 1 atom stereocenters. The van der Waals surface area contributed by atoms with Crippen LogP contribution >= 0.6 is 7.82 Å². The third kappa shape index (κ3) is 37.7. The van der Waals surface area contributed by atoms with Gasteiger partial charge in [0.15, 0.2) is 0 Å². The van der Waals surface area contributed by atoms with Gasteiger partial charge in [0.1, 0.15) is 13.2 Å². The van der Waals surface area contributed by atoms with Crippen LogP contribution in [0.25, 0.3) is 0 Å². The van der Waals surface area contributed by atoms with Crippen molar-refractivity contribution in [3.63, 3.8) is 0 Å². The van der Waals surface area contributed by atoms with Crippen LogP contribution in [0.15, 0.2) is 0 Å². The third-order valence-corrected chi connectivity index (χ3v) is 10.7. The van der Waals surface area contributed by atoms with Gasteiger partial charge in [0.2, 0.25) is 0 Å². The molecule has 0 spiro atoms. The molecule has 302 valence electrons. The molecule has 1 unspecified atom stereocenters. The van der Waals surface area contributed by atoms with E-state index in [0.29, 0.717) is 37.5 Å². The average molecular weight is 736 g/mol. The van der Waals surface area contributed by atoms with Gasteiger partial charge in [-0.1, -0.05) is 188 Å². The predicted molar refractivity (Wildman–Crippen MR) is 215 cm³/mol. The lowest BCUT2D eigenvalue weighted by molar-refractivity contribution is -0.870. The zero-order valence-electron chi connectivity index (χ0n) is 34.6. The fraction of sp³-hybridized carbons (Fsp3) is 1.00. The second-order valence-electron chi connectivity index (χ2n) is 16.7. The molecule has 0 amide bonds. The van der Waals surface area contributed by atoms with Crippen LogP contribution in [0, 0.1) is 5.41 Å². The fourth-order valence-electron chi connectivity index (χ4n) is 6.26. The molecular weight excluding hydrogens is 646 g/mol. The molecule has 0 saturated carbocycles. The minimum Gasteiger partial charge on any atom is -0.381 e. The van der Waals surface area contributed by atoms with Gasteiger partial charge in [-0.15, -0.1) is 0 Å². The maximum Gasteiger partial charge on any atom is 0.472 e. The van der Waals surface area contributed by atoms with E-state index < -0.39 is 13.2 Å². The van der Waals surface area contributed by atoms with Crippen LogP contribution in [0.2, 0.25) is 0 Å². The molecule has 0 rings (SSSR count). The molecule has 50 heavy (non-hydrogen) atoms. The number of ether oxygens (including phenoxy) is 2. The molecule has 0 aromatic carbocycles. The van der Waals surface area contributed by atoms with Gasteiger partial charge in [-0.3, -0.25) is 9.05 Å². The van der Waals surface area contributed by atoms with Crippen molar-refractivity contribution in [3.8, 4) is 0 Å². The highest BCUT2D eigenvalue weighted by Crippen LogP contribution is 2.44. The van der Waals surface area contributed by atoms with Gasteiger partial charge in [0, 0.05) is 18.6 Å². The van der Waals surface area contributed by atoms with Crippen molar-refractivity contribution in [2.75, 3.05) is 67.3 Å².